The molecular formula is C19H18N4O2. The first-order chi connectivity index (χ1) is 12.2. The van der Waals surface area contributed by atoms with Crippen molar-refractivity contribution in [1.29, 1.82) is 0 Å². The molecule has 0 spiro atoms. The van der Waals surface area contributed by atoms with Crippen LogP contribution in [0.15, 0.2) is 48.9 Å². The molecule has 1 N–H and O–H groups in total. The van der Waals surface area contributed by atoms with Crippen LogP contribution in [0.2, 0.25) is 0 Å². The van der Waals surface area contributed by atoms with E-state index in [1.54, 1.807) is 18.6 Å². The van der Waals surface area contributed by atoms with Crippen LogP contribution < -0.4 is 0 Å². The Morgan fingerprint density at radius 3 is 2.76 bits per heavy atom. The third-order valence-electron chi connectivity index (χ3n) is 5.49. The number of pyridine rings is 1. The lowest BCUT2D eigenvalue weighted by molar-refractivity contribution is -0.00427. The molecule has 0 radical (unpaired) electrons. The van der Waals surface area contributed by atoms with Crippen molar-refractivity contribution < 1.29 is 9.90 Å². The van der Waals surface area contributed by atoms with E-state index in [2.05, 4.69) is 9.97 Å². The average molecular weight is 334 g/mol. The first kappa shape index (κ1) is 14.6. The van der Waals surface area contributed by atoms with E-state index in [9.17, 15) is 9.90 Å². The number of carbonyl (C=O) groups excluding carboxylic acids is 1. The Bertz CT molecular complexity index is 952. The smallest absolute Gasteiger partial charge is 0.255 e. The number of aliphatic hydroxyl groups excluding tert-OH is 1. The number of hydrogen-bond donors (Lipinski definition) is 1. The van der Waals surface area contributed by atoms with E-state index in [1.807, 2.05) is 39.8 Å². The van der Waals surface area contributed by atoms with Gasteiger partial charge >= 0.3 is 0 Å². The van der Waals surface area contributed by atoms with Crippen LogP contribution in [0.25, 0.3) is 16.9 Å². The maximum Gasteiger partial charge on any atom is 0.255 e. The van der Waals surface area contributed by atoms with Crippen LogP contribution in [0.3, 0.4) is 0 Å². The van der Waals surface area contributed by atoms with Crippen molar-refractivity contribution in [2.45, 2.75) is 12.5 Å². The Morgan fingerprint density at radius 1 is 1.16 bits per heavy atom. The SMILES string of the molecule is O=C(c1cnc2c(c1)ncn2-c1ccccc1)N1C[C@@H]2C[C@H](O)[C@@H]2C1. The normalized spacial score (nSPS) is 25.0. The van der Waals surface area contributed by atoms with Crippen LogP contribution in [-0.2, 0) is 0 Å². The van der Waals surface area contributed by atoms with Gasteiger partial charge in [0.2, 0.25) is 0 Å². The van der Waals surface area contributed by atoms with Gasteiger partial charge in [-0.3, -0.25) is 9.36 Å². The summed E-state index contributed by atoms with van der Waals surface area (Å²) in [7, 11) is 0. The fraction of sp³-hybridized carbons (Fsp3) is 0.316. The lowest BCUT2D eigenvalue weighted by Crippen LogP contribution is -2.39. The Balaban J connectivity index is 1.45. The second kappa shape index (κ2) is 5.39. The molecule has 5 rings (SSSR count). The van der Waals surface area contributed by atoms with Gasteiger partial charge in [-0.1, -0.05) is 18.2 Å². The molecule has 1 aromatic carbocycles. The summed E-state index contributed by atoms with van der Waals surface area (Å²) >= 11 is 0. The molecule has 3 atom stereocenters. The highest BCUT2D eigenvalue weighted by Crippen LogP contribution is 2.41. The third kappa shape index (κ3) is 2.25. The molecule has 2 fully saturated rings. The van der Waals surface area contributed by atoms with Gasteiger partial charge in [0, 0.05) is 30.9 Å². The molecular weight excluding hydrogens is 316 g/mol. The zero-order chi connectivity index (χ0) is 17.0. The molecule has 126 valence electrons. The van der Waals surface area contributed by atoms with Crippen molar-refractivity contribution in [3.63, 3.8) is 0 Å². The summed E-state index contributed by atoms with van der Waals surface area (Å²) in [6.07, 6.45) is 3.92. The highest BCUT2D eigenvalue weighted by molar-refractivity contribution is 5.96. The van der Waals surface area contributed by atoms with Gasteiger partial charge in [-0.25, -0.2) is 9.97 Å². The van der Waals surface area contributed by atoms with E-state index in [-0.39, 0.29) is 17.9 Å². The third-order valence-corrected chi connectivity index (χ3v) is 5.49. The summed E-state index contributed by atoms with van der Waals surface area (Å²) in [5, 5.41) is 9.78. The van der Waals surface area contributed by atoms with Gasteiger partial charge < -0.3 is 10.0 Å². The zero-order valence-corrected chi connectivity index (χ0v) is 13.6. The Labute approximate surface area is 144 Å². The minimum atomic E-state index is -0.245. The average Bonchev–Trinajstić information content (AvgIpc) is 3.22. The van der Waals surface area contributed by atoms with Crippen molar-refractivity contribution in [1.82, 2.24) is 19.4 Å². The van der Waals surface area contributed by atoms with Crippen LogP contribution in [0.4, 0.5) is 0 Å². The Hall–Kier alpha value is -2.73. The summed E-state index contributed by atoms with van der Waals surface area (Å²) in [6.45, 7) is 1.37. The molecule has 3 aromatic rings. The van der Waals surface area contributed by atoms with E-state index in [1.165, 1.54) is 0 Å². The fourth-order valence-corrected chi connectivity index (χ4v) is 4.01. The van der Waals surface area contributed by atoms with Gasteiger partial charge in [0.15, 0.2) is 5.65 Å². The summed E-state index contributed by atoms with van der Waals surface area (Å²) in [5.41, 5.74) is 2.99. The zero-order valence-electron chi connectivity index (χ0n) is 13.6. The van der Waals surface area contributed by atoms with Crippen LogP contribution in [-0.4, -0.2) is 49.6 Å². The summed E-state index contributed by atoms with van der Waals surface area (Å²) in [4.78, 5) is 23.5. The van der Waals surface area contributed by atoms with Gasteiger partial charge in [0.25, 0.3) is 5.91 Å². The van der Waals surface area contributed by atoms with E-state index in [0.717, 1.165) is 24.3 Å². The van der Waals surface area contributed by atoms with Gasteiger partial charge in [-0.2, -0.15) is 0 Å². The van der Waals surface area contributed by atoms with Crippen molar-refractivity contribution in [3.8, 4) is 5.69 Å². The highest BCUT2D eigenvalue weighted by Gasteiger charge is 2.47. The summed E-state index contributed by atoms with van der Waals surface area (Å²) in [5.74, 6) is 0.677. The lowest BCUT2D eigenvalue weighted by Gasteiger charge is -2.34. The number of hydrogen-bond acceptors (Lipinski definition) is 4. The van der Waals surface area contributed by atoms with Gasteiger partial charge in [0.1, 0.15) is 11.8 Å². The molecule has 2 aromatic heterocycles. The topological polar surface area (TPSA) is 71.2 Å². The maximum absolute atomic E-state index is 12.8. The summed E-state index contributed by atoms with van der Waals surface area (Å²) in [6, 6.07) is 11.7. The molecule has 1 amide bonds. The number of fused-ring (bicyclic) bond motifs is 2. The molecule has 2 aliphatic rings. The molecule has 1 aliphatic heterocycles. The number of likely N-dealkylation sites (tertiary alicyclic amines) is 1. The molecule has 6 heteroatoms. The van der Waals surface area contributed by atoms with Crippen molar-refractivity contribution >= 4 is 17.1 Å². The number of benzene rings is 1. The monoisotopic (exact) mass is 334 g/mol. The van der Waals surface area contributed by atoms with Crippen molar-refractivity contribution in [2.75, 3.05) is 13.1 Å². The van der Waals surface area contributed by atoms with Gasteiger partial charge in [0.05, 0.1) is 11.7 Å². The molecule has 25 heavy (non-hydrogen) atoms. The first-order valence-electron chi connectivity index (χ1n) is 8.56. The van der Waals surface area contributed by atoms with E-state index >= 15 is 0 Å². The van der Waals surface area contributed by atoms with Gasteiger partial charge in [-0.05, 0) is 30.5 Å². The minimum Gasteiger partial charge on any atom is -0.393 e. The molecule has 1 aliphatic carbocycles. The van der Waals surface area contributed by atoms with Crippen molar-refractivity contribution in [2.24, 2.45) is 11.8 Å². The predicted molar refractivity (Wildman–Crippen MR) is 92.4 cm³/mol. The van der Waals surface area contributed by atoms with Crippen molar-refractivity contribution in [3.05, 3.63) is 54.5 Å². The number of aromatic nitrogens is 3. The van der Waals surface area contributed by atoms with Gasteiger partial charge in [-0.15, -0.1) is 0 Å². The molecule has 1 saturated heterocycles. The first-order valence-corrected chi connectivity index (χ1v) is 8.56. The number of imidazole rings is 1. The van der Waals surface area contributed by atoms with E-state index < -0.39 is 0 Å². The number of rotatable bonds is 2. The second-order valence-electron chi connectivity index (χ2n) is 6.95. The molecule has 0 bridgehead atoms. The van der Waals surface area contributed by atoms with Crippen LogP contribution in [0.1, 0.15) is 16.8 Å². The molecule has 6 nitrogen and oxygen atoms in total. The highest BCUT2D eigenvalue weighted by atomic mass is 16.3. The largest absolute Gasteiger partial charge is 0.393 e. The molecule has 1 saturated carbocycles. The number of para-hydroxylation sites is 1. The van der Waals surface area contributed by atoms with Crippen LogP contribution >= 0.6 is 0 Å². The summed E-state index contributed by atoms with van der Waals surface area (Å²) < 4.78 is 1.91. The Kier molecular flexibility index (Phi) is 3.15. The van der Waals surface area contributed by atoms with E-state index in [4.69, 9.17) is 0 Å². The lowest BCUT2D eigenvalue weighted by atomic mass is 9.74. The number of nitrogens with zero attached hydrogens (tertiary/aromatic N) is 4. The minimum absolute atomic E-state index is 0.0229. The number of aliphatic hydroxyl groups is 1. The number of carbonyl (C=O) groups is 1. The molecule has 0 unspecified atom stereocenters. The second-order valence-corrected chi connectivity index (χ2v) is 6.95. The maximum atomic E-state index is 12.8. The van der Waals surface area contributed by atoms with Crippen LogP contribution in [0, 0.1) is 11.8 Å². The molecule has 3 heterocycles. The Morgan fingerprint density at radius 2 is 2.00 bits per heavy atom. The number of amides is 1. The quantitative estimate of drug-likeness (QED) is 0.777. The van der Waals surface area contributed by atoms with E-state index in [0.29, 0.717) is 23.5 Å². The van der Waals surface area contributed by atoms with Crippen LogP contribution in [0.5, 0.6) is 0 Å². The predicted octanol–water partition coefficient (Wildman–Crippen LogP) is 1.87. The fourth-order valence-electron chi connectivity index (χ4n) is 4.01. The standard InChI is InChI=1S/C19H18N4O2/c24-17-7-13-9-22(10-15(13)17)19(25)12-6-16-18(20-8-12)23(11-21-16)14-4-2-1-3-5-14/h1-6,8,11,13,15,17,24H,7,9-10H2/t13-,15+,17-/m0/s1.